The van der Waals surface area contributed by atoms with Crippen LogP contribution in [0.3, 0.4) is 0 Å². The Kier molecular flexibility index (Phi) is 2.63. The van der Waals surface area contributed by atoms with Crippen molar-refractivity contribution >= 4 is 11.8 Å². The maximum atomic E-state index is 11.2. The predicted octanol–water partition coefficient (Wildman–Crippen LogP) is 1.08. The minimum absolute atomic E-state index is 0.000602. The average Bonchev–Trinajstić information content (AvgIpc) is 2.84. The van der Waals surface area contributed by atoms with Gasteiger partial charge in [-0.15, -0.1) is 0 Å². The maximum Gasteiger partial charge on any atom is 0.341 e. The molecule has 0 unspecified atom stereocenters. The fraction of sp³-hybridized carbons (Fsp3) is 0.556. The van der Waals surface area contributed by atoms with Gasteiger partial charge in [0, 0.05) is 5.92 Å². The number of carbonyl (C=O) groups is 2. The Labute approximate surface area is 71.4 Å². The summed E-state index contributed by atoms with van der Waals surface area (Å²) in [4.78, 5) is 22.2. The second-order valence-electron chi connectivity index (χ2n) is 2.84. The standard InChI is InChI=1S/C9H12O3/c1-3-12-9(11)6(2)8(10)7-4-5-7/h7H,2-5H2,1H3. The maximum absolute atomic E-state index is 11.2. The monoisotopic (exact) mass is 168 g/mol. The third-order valence-corrected chi connectivity index (χ3v) is 1.77. The number of carbonyl (C=O) groups excluding carboxylic acids is 2. The first-order valence-electron chi connectivity index (χ1n) is 4.07. The second-order valence-corrected chi connectivity index (χ2v) is 2.84. The van der Waals surface area contributed by atoms with E-state index in [1.54, 1.807) is 6.92 Å². The van der Waals surface area contributed by atoms with E-state index in [-0.39, 0.29) is 23.9 Å². The lowest BCUT2D eigenvalue weighted by Gasteiger charge is -2.02. The van der Waals surface area contributed by atoms with Gasteiger partial charge in [-0.25, -0.2) is 4.79 Å². The number of hydrogen-bond acceptors (Lipinski definition) is 3. The Hall–Kier alpha value is -1.12. The fourth-order valence-electron chi connectivity index (χ4n) is 0.911. The number of rotatable bonds is 4. The van der Waals surface area contributed by atoms with Crippen molar-refractivity contribution in [1.29, 1.82) is 0 Å². The van der Waals surface area contributed by atoms with Crippen LogP contribution >= 0.6 is 0 Å². The molecule has 0 aromatic rings. The lowest BCUT2D eigenvalue weighted by atomic mass is 10.1. The van der Waals surface area contributed by atoms with Crippen molar-refractivity contribution in [3.8, 4) is 0 Å². The summed E-state index contributed by atoms with van der Waals surface area (Å²) in [7, 11) is 0. The van der Waals surface area contributed by atoms with Gasteiger partial charge in [-0.1, -0.05) is 6.58 Å². The Morgan fingerprint density at radius 2 is 2.08 bits per heavy atom. The van der Waals surface area contributed by atoms with Crippen LogP contribution in [0.4, 0.5) is 0 Å². The van der Waals surface area contributed by atoms with Crippen molar-refractivity contribution in [3.05, 3.63) is 12.2 Å². The van der Waals surface area contributed by atoms with E-state index >= 15 is 0 Å². The van der Waals surface area contributed by atoms with E-state index in [0.717, 1.165) is 12.8 Å². The van der Waals surface area contributed by atoms with Crippen LogP contribution in [0.5, 0.6) is 0 Å². The summed E-state index contributed by atoms with van der Waals surface area (Å²) in [6.45, 7) is 5.40. The van der Waals surface area contributed by atoms with Crippen molar-refractivity contribution in [3.63, 3.8) is 0 Å². The largest absolute Gasteiger partial charge is 0.462 e. The Morgan fingerprint density at radius 3 is 2.50 bits per heavy atom. The van der Waals surface area contributed by atoms with Gasteiger partial charge in [0.05, 0.1) is 12.2 Å². The van der Waals surface area contributed by atoms with Crippen molar-refractivity contribution in [2.45, 2.75) is 19.8 Å². The molecule has 0 bridgehead atoms. The minimum Gasteiger partial charge on any atom is -0.462 e. The Bertz CT molecular complexity index is 226. The van der Waals surface area contributed by atoms with Crippen LogP contribution in [0.25, 0.3) is 0 Å². The van der Waals surface area contributed by atoms with E-state index in [1.807, 2.05) is 0 Å². The van der Waals surface area contributed by atoms with E-state index in [4.69, 9.17) is 0 Å². The summed E-state index contributed by atoms with van der Waals surface area (Å²) in [5, 5.41) is 0. The second kappa shape index (κ2) is 3.52. The highest BCUT2D eigenvalue weighted by molar-refractivity contribution is 6.18. The molecule has 12 heavy (non-hydrogen) atoms. The molecule has 3 nitrogen and oxygen atoms in total. The summed E-state index contributed by atoms with van der Waals surface area (Å²) < 4.78 is 4.64. The molecule has 0 aliphatic heterocycles. The molecule has 0 spiro atoms. The van der Waals surface area contributed by atoms with Gasteiger partial charge >= 0.3 is 5.97 Å². The Balaban J connectivity index is 2.45. The van der Waals surface area contributed by atoms with Crippen molar-refractivity contribution in [2.24, 2.45) is 5.92 Å². The summed E-state index contributed by atoms with van der Waals surface area (Å²) in [6, 6.07) is 0. The van der Waals surface area contributed by atoms with E-state index < -0.39 is 5.97 Å². The summed E-state index contributed by atoms with van der Waals surface area (Å²) in [5.41, 5.74) is -0.000602. The molecule has 0 aromatic carbocycles. The highest BCUT2D eigenvalue weighted by Gasteiger charge is 2.33. The number of Topliss-reactive ketones (excluding diaryl/α,β-unsaturated/α-hetero) is 1. The van der Waals surface area contributed by atoms with Gasteiger partial charge in [0.15, 0.2) is 5.78 Å². The van der Waals surface area contributed by atoms with Crippen LogP contribution in [-0.2, 0) is 14.3 Å². The number of ketones is 1. The van der Waals surface area contributed by atoms with Gasteiger partial charge in [0.1, 0.15) is 0 Å². The van der Waals surface area contributed by atoms with Crippen LogP contribution in [0.2, 0.25) is 0 Å². The molecular formula is C9H12O3. The first-order valence-corrected chi connectivity index (χ1v) is 4.07. The summed E-state index contributed by atoms with van der Waals surface area (Å²) in [5.74, 6) is -0.676. The summed E-state index contributed by atoms with van der Waals surface area (Å²) >= 11 is 0. The zero-order chi connectivity index (χ0) is 9.14. The van der Waals surface area contributed by atoms with Crippen molar-refractivity contribution < 1.29 is 14.3 Å². The highest BCUT2D eigenvalue weighted by Crippen LogP contribution is 2.32. The highest BCUT2D eigenvalue weighted by atomic mass is 16.5. The third-order valence-electron chi connectivity index (χ3n) is 1.77. The van der Waals surface area contributed by atoms with Gasteiger partial charge in [-0.05, 0) is 19.8 Å². The first-order chi connectivity index (χ1) is 5.66. The van der Waals surface area contributed by atoms with Gasteiger partial charge in [0.2, 0.25) is 0 Å². The molecule has 66 valence electrons. The Morgan fingerprint density at radius 1 is 1.50 bits per heavy atom. The molecule has 0 N–H and O–H groups in total. The minimum atomic E-state index is -0.575. The lowest BCUT2D eigenvalue weighted by Crippen LogP contribution is -2.15. The van der Waals surface area contributed by atoms with Crippen molar-refractivity contribution in [1.82, 2.24) is 0 Å². The van der Waals surface area contributed by atoms with E-state index in [2.05, 4.69) is 11.3 Å². The average molecular weight is 168 g/mol. The fourth-order valence-corrected chi connectivity index (χ4v) is 0.911. The number of ether oxygens (including phenoxy) is 1. The van der Waals surface area contributed by atoms with Gasteiger partial charge in [-0.2, -0.15) is 0 Å². The predicted molar refractivity (Wildman–Crippen MR) is 43.5 cm³/mol. The molecule has 0 atom stereocenters. The molecule has 0 radical (unpaired) electrons. The molecule has 1 aliphatic carbocycles. The molecule has 0 amide bonds. The molecule has 3 heteroatoms. The lowest BCUT2D eigenvalue weighted by molar-refractivity contribution is -0.140. The molecule has 1 rings (SSSR count). The van der Waals surface area contributed by atoms with Crippen LogP contribution in [0.1, 0.15) is 19.8 Å². The first kappa shape index (κ1) is 8.97. The van der Waals surface area contributed by atoms with Gasteiger partial charge in [0.25, 0.3) is 0 Å². The third kappa shape index (κ3) is 1.94. The van der Waals surface area contributed by atoms with Crippen LogP contribution in [-0.4, -0.2) is 18.4 Å². The zero-order valence-electron chi connectivity index (χ0n) is 7.13. The quantitative estimate of drug-likeness (QED) is 0.273. The SMILES string of the molecule is C=C(C(=O)OCC)C(=O)C1CC1. The molecule has 1 fully saturated rings. The molecular weight excluding hydrogens is 156 g/mol. The van der Waals surface area contributed by atoms with Gasteiger partial charge in [-0.3, -0.25) is 4.79 Å². The molecule has 0 saturated heterocycles. The van der Waals surface area contributed by atoms with Crippen LogP contribution < -0.4 is 0 Å². The number of esters is 1. The normalized spacial score (nSPS) is 15.4. The van der Waals surface area contributed by atoms with E-state index in [0.29, 0.717) is 0 Å². The molecule has 0 aromatic heterocycles. The zero-order valence-corrected chi connectivity index (χ0v) is 7.13. The van der Waals surface area contributed by atoms with Crippen molar-refractivity contribution in [2.75, 3.05) is 6.61 Å². The number of hydrogen-bond donors (Lipinski definition) is 0. The molecule has 1 aliphatic rings. The summed E-state index contributed by atoms with van der Waals surface area (Å²) in [6.07, 6.45) is 1.77. The molecule has 0 heterocycles. The van der Waals surface area contributed by atoms with Crippen LogP contribution in [0, 0.1) is 5.92 Å². The van der Waals surface area contributed by atoms with Gasteiger partial charge < -0.3 is 4.74 Å². The molecule has 1 saturated carbocycles. The topological polar surface area (TPSA) is 43.4 Å². The smallest absolute Gasteiger partial charge is 0.341 e. The van der Waals surface area contributed by atoms with Crippen LogP contribution in [0.15, 0.2) is 12.2 Å². The van der Waals surface area contributed by atoms with E-state index in [1.165, 1.54) is 0 Å². The van der Waals surface area contributed by atoms with E-state index in [9.17, 15) is 9.59 Å².